The molecule has 1 fully saturated rings. The van der Waals surface area contributed by atoms with E-state index in [1.54, 1.807) is 7.11 Å². The molecule has 0 spiro atoms. The van der Waals surface area contributed by atoms with Gasteiger partial charge >= 0.3 is 0 Å². The number of hydrogen-bond acceptors (Lipinski definition) is 2. The minimum Gasteiger partial charge on any atom is -0.385 e. The largest absolute Gasteiger partial charge is 0.385 e. The summed E-state index contributed by atoms with van der Waals surface area (Å²) in [6, 6.07) is 0. The monoisotopic (exact) mass is 144 g/mol. The molecule has 1 heterocycles. The van der Waals surface area contributed by atoms with E-state index in [1.807, 2.05) is 0 Å². The molecule has 1 saturated heterocycles. The Morgan fingerprint density at radius 3 is 3.10 bits per heavy atom. The maximum absolute atomic E-state index is 5.44. The van der Waals surface area contributed by atoms with Crippen LogP contribution in [0.3, 0.4) is 0 Å². The highest BCUT2D eigenvalue weighted by Gasteiger charge is 2.13. The summed E-state index contributed by atoms with van der Waals surface area (Å²) in [6.07, 6.45) is 5.35. The van der Waals surface area contributed by atoms with E-state index in [0.717, 1.165) is 19.6 Å². The Hall–Kier alpha value is -0.0800. The summed E-state index contributed by atoms with van der Waals surface area (Å²) in [6.45, 7) is 1.84. The maximum Gasteiger partial charge on any atom is 0.0576 e. The van der Waals surface area contributed by atoms with Crippen LogP contribution in [0.25, 0.3) is 0 Å². The highest BCUT2D eigenvalue weighted by atomic mass is 16.5. The van der Waals surface area contributed by atoms with Crippen LogP contribution in [-0.2, 0) is 9.47 Å². The van der Waals surface area contributed by atoms with Crippen molar-refractivity contribution in [3.63, 3.8) is 0 Å². The van der Waals surface area contributed by atoms with Gasteiger partial charge in [-0.05, 0) is 25.7 Å². The van der Waals surface area contributed by atoms with Crippen molar-refractivity contribution in [2.45, 2.75) is 31.8 Å². The van der Waals surface area contributed by atoms with E-state index in [0.29, 0.717) is 6.10 Å². The molecule has 0 aliphatic carbocycles. The molecule has 0 radical (unpaired) electrons. The fourth-order valence-electron chi connectivity index (χ4n) is 1.33. The lowest BCUT2D eigenvalue weighted by atomic mass is 10.1. The van der Waals surface area contributed by atoms with Crippen molar-refractivity contribution >= 4 is 0 Å². The van der Waals surface area contributed by atoms with Gasteiger partial charge in [-0.15, -0.1) is 0 Å². The zero-order valence-electron chi connectivity index (χ0n) is 6.64. The Morgan fingerprint density at radius 1 is 1.60 bits per heavy atom. The molecule has 60 valence electrons. The summed E-state index contributed by atoms with van der Waals surface area (Å²) in [5, 5.41) is 0. The molecule has 1 rings (SSSR count). The molecule has 0 amide bonds. The molecule has 0 saturated carbocycles. The van der Waals surface area contributed by atoms with Crippen LogP contribution in [0.15, 0.2) is 0 Å². The summed E-state index contributed by atoms with van der Waals surface area (Å²) < 4.78 is 10.4. The summed E-state index contributed by atoms with van der Waals surface area (Å²) in [5.74, 6) is 0. The molecule has 1 aliphatic rings. The Labute approximate surface area is 62.5 Å². The van der Waals surface area contributed by atoms with Crippen molar-refractivity contribution in [3.8, 4) is 0 Å². The van der Waals surface area contributed by atoms with Gasteiger partial charge in [0.25, 0.3) is 0 Å². The van der Waals surface area contributed by atoms with Crippen LogP contribution >= 0.6 is 0 Å². The van der Waals surface area contributed by atoms with Crippen LogP contribution in [-0.4, -0.2) is 26.4 Å². The van der Waals surface area contributed by atoms with Crippen molar-refractivity contribution in [1.82, 2.24) is 0 Å². The first-order chi connectivity index (χ1) is 4.93. The number of rotatable bonds is 4. The van der Waals surface area contributed by atoms with Gasteiger partial charge in [-0.25, -0.2) is 0 Å². The zero-order chi connectivity index (χ0) is 7.23. The number of hydrogen-bond donors (Lipinski definition) is 0. The maximum atomic E-state index is 5.44. The van der Waals surface area contributed by atoms with E-state index in [1.165, 1.54) is 19.3 Å². The van der Waals surface area contributed by atoms with Gasteiger partial charge in [-0.3, -0.25) is 0 Å². The lowest BCUT2D eigenvalue weighted by Crippen LogP contribution is -2.05. The second-order valence-corrected chi connectivity index (χ2v) is 2.77. The Bertz CT molecular complexity index is 77.3. The first-order valence-electron chi connectivity index (χ1n) is 4.04. The summed E-state index contributed by atoms with van der Waals surface area (Å²) in [4.78, 5) is 0. The van der Waals surface area contributed by atoms with Crippen LogP contribution in [0.5, 0.6) is 0 Å². The van der Waals surface area contributed by atoms with E-state index < -0.39 is 0 Å². The molecular formula is C8H16O2. The fraction of sp³-hybridized carbons (Fsp3) is 1.00. The van der Waals surface area contributed by atoms with Gasteiger partial charge in [-0.2, -0.15) is 0 Å². The van der Waals surface area contributed by atoms with Gasteiger partial charge in [0, 0.05) is 20.3 Å². The molecule has 2 nitrogen and oxygen atoms in total. The van der Waals surface area contributed by atoms with Gasteiger partial charge in [0.15, 0.2) is 0 Å². The molecule has 0 bridgehead atoms. The normalized spacial score (nSPS) is 25.5. The lowest BCUT2D eigenvalue weighted by molar-refractivity contribution is 0.0920. The van der Waals surface area contributed by atoms with Crippen LogP contribution in [0, 0.1) is 0 Å². The fourth-order valence-corrected chi connectivity index (χ4v) is 1.33. The third-order valence-electron chi connectivity index (χ3n) is 1.90. The van der Waals surface area contributed by atoms with Gasteiger partial charge in [0.1, 0.15) is 0 Å². The van der Waals surface area contributed by atoms with Crippen molar-refractivity contribution in [3.05, 3.63) is 0 Å². The molecule has 0 N–H and O–H groups in total. The summed E-state index contributed by atoms with van der Waals surface area (Å²) in [5.41, 5.74) is 0. The van der Waals surface area contributed by atoms with E-state index in [9.17, 15) is 0 Å². The smallest absolute Gasteiger partial charge is 0.0576 e. The molecule has 1 atom stereocenters. The second kappa shape index (κ2) is 4.69. The topological polar surface area (TPSA) is 18.5 Å². The standard InChI is InChI=1S/C8H16O2/c1-9-6-2-4-8-5-3-7-10-8/h8H,2-7H2,1H3. The highest BCUT2D eigenvalue weighted by Crippen LogP contribution is 2.16. The van der Waals surface area contributed by atoms with Crippen LogP contribution in [0.1, 0.15) is 25.7 Å². The Balaban J connectivity index is 1.91. The van der Waals surface area contributed by atoms with E-state index in [2.05, 4.69) is 0 Å². The van der Waals surface area contributed by atoms with Crippen LogP contribution in [0.4, 0.5) is 0 Å². The Morgan fingerprint density at radius 2 is 2.50 bits per heavy atom. The van der Waals surface area contributed by atoms with E-state index >= 15 is 0 Å². The van der Waals surface area contributed by atoms with Gasteiger partial charge < -0.3 is 9.47 Å². The average molecular weight is 144 g/mol. The van der Waals surface area contributed by atoms with Crippen LogP contribution in [0.2, 0.25) is 0 Å². The minimum atomic E-state index is 0.537. The highest BCUT2D eigenvalue weighted by molar-refractivity contribution is 4.63. The molecule has 0 aromatic heterocycles. The minimum absolute atomic E-state index is 0.537. The summed E-state index contributed by atoms with van der Waals surface area (Å²) >= 11 is 0. The molecule has 2 heteroatoms. The molecular weight excluding hydrogens is 128 g/mol. The predicted molar refractivity (Wildman–Crippen MR) is 40.1 cm³/mol. The van der Waals surface area contributed by atoms with Crippen molar-refractivity contribution < 1.29 is 9.47 Å². The SMILES string of the molecule is COCCCC1CCCO1. The van der Waals surface area contributed by atoms with Crippen molar-refractivity contribution in [1.29, 1.82) is 0 Å². The molecule has 1 unspecified atom stereocenters. The molecule has 0 aromatic carbocycles. The van der Waals surface area contributed by atoms with Crippen molar-refractivity contribution in [2.75, 3.05) is 20.3 Å². The molecule has 10 heavy (non-hydrogen) atoms. The zero-order valence-corrected chi connectivity index (χ0v) is 6.64. The van der Waals surface area contributed by atoms with Crippen LogP contribution < -0.4 is 0 Å². The quantitative estimate of drug-likeness (QED) is 0.558. The predicted octanol–water partition coefficient (Wildman–Crippen LogP) is 1.59. The Kier molecular flexibility index (Phi) is 3.76. The second-order valence-electron chi connectivity index (χ2n) is 2.77. The average Bonchev–Trinajstić information content (AvgIpc) is 2.41. The van der Waals surface area contributed by atoms with E-state index in [4.69, 9.17) is 9.47 Å². The van der Waals surface area contributed by atoms with Gasteiger partial charge in [0.2, 0.25) is 0 Å². The number of methoxy groups -OCH3 is 1. The van der Waals surface area contributed by atoms with Gasteiger partial charge in [0.05, 0.1) is 6.10 Å². The summed E-state index contributed by atoms with van der Waals surface area (Å²) in [7, 11) is 1.75. The molecule has 0 aromatic rings. The molecule has 1 aliphatic heterocycles. The van der Waals surface area contributed by atoms with E-state index in [-0.39, 0.29) is 0 Å². The third-order valence-corrected chi connectivity index (χ3v) is 1.90. The lowest BCUT2D eigenvalue weighted by Gasteiger charge is -2.07. The van der Waals surface area contributed by atoms with Crippen molar-refractivity contribution in [2.24, 2.45) is 0 Å². The first-order valence-corrected chi connectivity index (χ1v) is 4.04. The number of ether oxygens (including phenoxy) is 2. The first kappa shape index (κ1) is 8.02. The van der Waals surface area contributed by atoms with Gasteiger partial charge in [-0.1, -0.05) is 0 Å². The third kappa shape index (κ3) is 2.67.